The molecule has 1 aliphatic heterocycles. The second-order valence-corrected chi connectivity index (χ2v) is 4.65. The van der Waals surface area contributed by atoms with E-state index in [9.17, 15) is 4.79 Å². The fourth-order valence-electron chi connectivity index (χ4n) is 2.16. The third-order valence-corrected chi connectivity index (χ3v) is 3.16. The summed E-state index contributed by atoms with van der Waals surface area (Å²) >= 11 is 0. The van der Waals surface area contributed by atoms with Crippen molar-refractivity contribution in [2.45, 2.75) is 25.5 Å². The van der Waals surface area contributed by atoms with Crippen molar-refractivity contribution in [1.82, 2.24) is 10.6 Å². The maximum absolute atomic E-state index is 12.0. The fraction of sp³-hybridized carbons (Fsp3) is 0.500. The molecule has 98 valence electrons. The first-order chi connectivity index (χ1) is 8.79. The third-order valence-electron chi connectivity index (χ3n) is 3.16. The van der Waals surface area contributed by atoms with Crippen molar-refractivity contribution >= 4 is 5.91 Å². The fourth-order valence-corrected chi connectivity index (χ4v) is 2.16. The summed E-state index contributed by atoms with van der Waals surface area (Å²) in [6.07, 6.45) is 2.18. The second kappa shape index (κ2) is 6.52. The summed E-state index contributed by atoms with van der Waals surface area (Å²) in [7, 11) is 1.66. The van der Waals surface area contributed by atoms with E-state index in [2.05, 4.69) is 10.6 Å². The monoisotopic (exact) mass is 248 g/mol. The van der Waals surface area contributed by atoms with Crippen LogP contribution in [-0.2, 0) is 11.3 Å². The first kappa shape index (κ1) is 13.1. The second-order valence-electron chi connectivity index (χ2n) is 4.65. The lowest BCUT2D eigenvalue weighted by Gasteiger charge is -2.23. The summed E-state index contributed by atoms with van der Waals surface area (Å²) in [4.78, 5) is 12.0. The maximum Gasteiger partial charge on any atom is 0.251 e. The van der Waals surface area contributed by atoms with E-state index in [1.54, 1.807) is 7.11 Å². The van der Waals surface area contributed by atoms with Crippen molar-refractivity contribution in [3.8, 4) is 0 Å². The smallest absolute Gasteiger partial charge is 0.251 e. The van der Waals surface area contributed by atoms with Gasteiger partial charge in [0.05, 0.1) is 6.61 Å². The molecular formula is C14H20N2O2. The largest absolute Gasteiger partial charge is 0.380 e. The Morgan fingerprint density at radius 3 is 2.83 bits per heavy atom. The van der Waals surface area contributed by atoms with Gasteiger partial charge in [0.15, 0.2) is 0 Å². The van der Waals surface area contributed by atoms with Gasteiger partial charge in [-0.3, -0.25) is 4.79 Å². The minimum absolute atomic E-state index is 0.00710. The van der Waals surface area contributed by atoms with Crippen molar-refractivity contribution in [2.24, 2.45) is 0 Å². The van der Waals surface area contributed by atoms with Gasteiger partial charge < -0.3 is 15.4 Å². The molecule has 0 radical (unpaired) electrons. The van der Waals surface area contributed by atoms with Gasteiger partial charge in [-0.25, -0.2) is 0 Å². The molecule has 1 heterocycles. The predicted octanol–water partition coefficient (Wildman–Crippen LogP) is 1.31. The number of piperidine rings is 1. The Kier molecular flexibility index (Phi) is 4.73. The van der Waals surface area contributed by atoms with E-state index in [4.69, 9.17) is 4.74 Å². The third kappa shape index (κ3) is 3.55. The van der Waals surface area contributed by atoms with Gasteiger partial charge in [0.25, 0.3) is 5.91 Å². The van der Waals surface area contributed by atoms with Crippen LogP contribution in [0.25, 0.3) is 0 Å². The van der Waals surface area contributed by atoms with E-state index in [1.165, 1.54) is 0 Å². The summed E-state index contributed by atoms with van der Waals surface area (Å²) in [5, 5.41) is 6.34. The number of hydrogen-bond acceptors (Lipinski definition) is 3. The number of amides is 1. The number of benzene rings is 1. The molecule has 0 aliphatic carbocycles. The molecule has 1 saturated heterocycles. The molecule has 1 aromatic carbocycles. The highest BCUT2D eigenvalue weighted by atomic mass is 16.5. The van der Waals surface area contributed by atoms with Crippen LogP contribution >= 0.6 is 0 Å². The Hall–Kier alpha value is -1.39. The predicted molar refractivity (Wildman–Crippen MR) is 70.5 cm³/mol. The van der Waals surface area contributed by atoms with Crippen molar-refractivity contribution in [2.75, 3.05) is 20.2 Å². The lowest BCUT2D eigenvalue weighted by Crippen LogP contribution is -2.45. The molecule has 18 heavy (non-hydrogen) atoms. The highest BCUT2D eigenvalue weighted by Gasteiger charge is 2.15. The molecule has 1 aromatic rings. The number of hydrogen-bond donors (Lipinski definition) is 2. The molecule has 0 spiro atoms. The minimum atomic E-state index is 0.00710. The van der Waals surface area contributed by atoms with Gasteiger partial charge in [-0.2, -0.15) is 0 Å². The average Bonchev–Trinajstić information content (AvgIpc) is 2.41. The van der Waals surface area contributed by atoms with Crippen molar-refractivity contribution in [1.29, 1.82) is 0 Å². The lowest BCUT2D eigenvalue weighted by molar-refractivity contribution is 0.0930. The van der Waals surface area contributed by atoms with Crippen molar-refractivity contribution < 1.29 is 9.53 Å². The van der Waals surface area contributed by atoms with Crippen LogP contribution in [0.2, 0.25) is 0 Å². The lowest BCUT2D eigenvalue weighted by atomic mass is 10.1. The maximum atomic E-state index is 12.0. The number of carbonyl (C=O) groups is 1. The number of carbonyl (C=O) groups excluding carboxylic acids is 1. The molecule has 0 bridgehead atoms. The van der Waals surface area contributed by atoms with Crippen LogP contribution in [0.3, 0.4) is 0 Å². The molecule has 1 amide bonds. The molecule has 4 heteroatoms. The SMILES string of the molecule is COCc1ccc(C(=O)N[C@H]2CCCNC2)cc1. The number of rotatable bonds is 4. The first-order valence-corrected chi connectivity index (χ1v) is 6.39. The van der Waals surface area contributed by atoms with Gasteiger partial charge >= 0.3 is 0 Å². The molecule has 0 saturated carbocycles. The van der Waals surface area contributed by atoms with Crippen LogP contribution in [0.15, 0.2) is 24.3 Å². The quantitative estimate of drug-likeness (QED) is 0.845. The van der Waals surface area contributed by atoms with Crippen LogP contribution in [-0.4, -0.2) is 32.1 Å². The van der Waals surface area contributed by atoms with Gasteiger partial charge in [-0.1, -0.05) is 12.1 Å². The van der Waals surface area contributed by atoms with Gasteiger partial charge in [0.1, 0.15) is 0 Å². The zero-order valence-corrected chi connectivity index (χ0v) is 10.7. The standard InChI is InChI=1S/C14H20N2O2/c1-18-10-11-4-6-12(7-5-11)14(17)16-13-3-2-8-15-9-13/h4-7,13,15H,2-3,8-10H2,1H3,(H,16,17)/t13-/m0/s1. The van der Waals surface area contributed by atoms with Gasteiger partial charge in [0.2, 0.25) is 0 Å². The van der Waals surface area contributed by atoms with E-state index in [0.29, 0.717) is 12.2 Å². The first-order valence-electron chi connectivity index (χ1n) is 6.39. The average molecular weight is 248 g/mol. The van der Waals surface area contributed by atoms with E-state index in [0.717, 1.165) is 31.5 Å². The van der Waals surface area contributed by atoms with Crippen molar-refractivity contribution in [3.63, 3.8) is 0 Å². The molecule has 0 aromatic heterocycles. The Balaban J connectivity index is 1.91. The van der Waals surface area contributed by atoms with Gasteiger partial charge in [-0.05, 0) is 37.1 Å². The van der Waals surface area contributed by atoms with Gasteiger partial charge in [-0.15, -0.1) is 0 Å². The Morgan fingerprint density at radius 1 is 1.44 bits per heavy atom. The summed E-state index contributed by atoms with van der Waals surface area (Å²) in [6, 6.07) is 7.81. The normalized spacial score (nSPS) is 19.5. The highest BCUT2D eigenvalue weighted by molar-refractivity contribution is 5.94. The molecule has 1 fully saturated rings. The Labute approximate surface area is 108 Å². The molecule has 2 rings (SSSR count). The van der Waals surface area contributed by atoms with E-state index >= 15 is 0 Å². The van der Waals surface area contributed by atoms with E-state index in [1.807, 2.05) is 24.3 Å². The molecule has 4 nitrogen and oxygen atoms in total. The van der Waals surface area contributed by atoms with Crippen LogP contribution in [0.1, 0.15) is 28.8 Å². The molecule has 1 aliphatic rings. The van der Waals surface area contributed by atoms with Crippen LogP contribution in [0, 0.1) is 0 Å². The zero-order valence-electron chi connectivity index (χ0n) is 10.7. The molecule has 1 atom stereocenters. The van der Waals surface area contributed by atoms with Crippen LogP contribution in [0.4, 0.5) is 0 Å². The number of nitrogens with one attached hydrogen (secondary N) is 2. The summed E-state index contributed by atoms with van der Waals surface area (Å²) < 4.78 is 5.04. The Morgan fingerprint density at radius 2 is 2.22 bits per heavy atom. The van der Waals surface area contributed by atoms with Crippen molar-refractivity contribution in [3.05, 3.63) is 35.4 Å². The number of methoxy groups -OCH3 is 1. The zero-order chi connectivity index (χ0) is 12.8. The van der Waals surface area contributed by atoms with Crippen LogP contribution in [0.5, 0.6) is 0 Å². The van der Waals surface area contributed by atoms with Crippen LogP contribution < -0.4 is 10.6 Å². The van der Waals surface area contributed by atoms with Gasteiger partial charge in [0, 0.05) is 25.3 Å². The molecular weight excluding hydrogens is 228 g/mol. The molecule has 2 N–H and O–H groups in total. The molecule has 0 unspecified atom stereocenters. The Bertz CT molecular complexity index is 383. The van der Waals surface area contributed by atoms with E-state index in [-0.39, 0.29) is 11.9 Å². The minimum Gasteiger partial charge on any atom is -0.380 e. The van der Waals surface area contributed by atoms with E-state index < -0.39 is 0 Å². The number of ether oxygens (including phenoxy) is 1. The summed E-state index contributed by atoms with van der Waals surface area (Å²) in [5.74, 6) is 0.00710. The summed E-state index contributed by atoms with van der Waals surface area (Å²) in [6.45, 7) is 2.50. The summed E-state index contributed by atoms with van der Waals surface area (Å²) in [5.41, 5.74) is 1.79. The topological polar surface area (TPSA) is 50.4 Å². The highest BCUT2D eigenvalue weighted by Crippen LogP contribution is 2.07.